The molecule has 7 heteroatoms. The molecule has 0 aliphatic rings. The van der Waals surface area contributed by atoms with Gasteiger partial charge < -0.3 is 9.73 Å². The van der Waals surface area contributed by atoms with Gasteiger partial charge in [-0.3, -0.25) is 4.79 Å². The molecular formula is C20H18N4O2S. The Hall–Kier alpha value is -3.19. The monoisotopic (exact) mass is 378 g/mol. The van der Waals surface area contributed by atoms with Crippen LogP contribution >= 0.6 is 11.3 Å². The van der Waals surface area contributed by atoms with Crippen molar-refractivity contribution in [1.29, 1.82) is 0 Å². The molecule has 6 nitrogen and oxygen atoms in total. The van der Waals surface area contributed by atoms with Crippen LogP contribution in [0.15, 0.2) is 58.0 Å². The minimum atomic E-state index is -0.239. The molecule has 2 N–H and O–H groups in total. The van der Waals surface area contributed by atoms with Gasteiger partial charge in [0.05, 0.1) is 23.0 Å². The molecule has 0 fully saturated rings. The van der Waals surface area contributed by atoms with Crippen molar-refractivity contribution in [2.24, 2.45) is 5.10 Å². The Kier molecular flexibility index (Phi) is 4.84. The fourth-order valence-electron chi connectivity index (χ4n) is 2.83. The number of benzene rings is 2. The standard InChI is InChI=1S/C20H18N4O2S/c1-2-16-14(13-7-3-5-9-17(13)26-16)11-22-24-19(25)12-21-20-23-15-8-4-6-10-18(15)27-20/h3-11H,2,12H2,1H3,(H,21,23)(H,24,25)/b22-11-. The Morgan fingerprint density at radius 3 is 2.89 bits per heavy atom. The van der Waals surface area contributed by atoms with Crippen LogP contribution in [0.3, 0.4) is 0 Å². The Bertz CT molecular complexity index is 1100. The molecule has 0 atom stereocenters. The maximum Gasteiger partial charge on any atom is 0.259 e. The van der Waals surface area contributed by atoms with E-state index >= 15 is 0 Å². The molecule has 0 aliphatic heterocycles. The summed E-state index contributed by atoms with van der Waals surface area (Å²) in [6.07, 6.45) is 2.39. The lowest BCUT2D eigenvalue weighted by atomic mass is 10.1. The van der Waals surface area contributed by atoms with Gasteiger partial charge in [0.15, 0.2) is 5.13 Å². The number of para-hydroxylation sites is 2. The number of carbonyl (C=O) groups excluding carboxylic acids is 1. The highest BCUT2D eigenvalue weighted by molar-refractivity contribution is 7.22. The number of furan rings is 1. The van der Waals surface area contributed by atoms with Gasteiger partial charge in [-0.1, -0.05) is 48.6 Å². The van der Waals surface area contributed by atoms with Crippen LogP contribution in [0.5, 0.6) is 0 Å². The summed E-state index contributed by atoms with van der Waals surface area (Å²) in [6, 6.07) is 15.7. The van der Waals surface area contributed by atoms with Gasteiger partial charge in [0.1, 0.15) is 11.3 Å². The number of hydrogen-bond acceptors (Lipinski definition) is 6. The molecular weight excluding hydrogens is 360 g/mol. The zero-order chi connectivity index (χ0) is 18.6. The highest BCUT2D eigenvalue weighted by Crippen LogP contribution is 2.25. The van der Waals surface area contributed by atoms with Crippen LogP contribution in [0.2, 0.25) is 0 Å². The lowest BCUT2D eigenvalue weighted by molar-refractivity contribution is -0.119. The smallest absolute Gasteiger partial charge is 0.259 e. The average Bonchev–Trinajstić information content (AvgIpc) is 3.27. The van der Waals surface area contributed by atoms with Crippen LogP contribution < -0.4 is 10.7 Å². The summed E-state index contributed by atoms with van der Waals surface area (Å²) in [5.74, 6) is 0.609. The first-order valence-electron chi connectivity index (χ1n) is 8.66. The first-order chi connectivity index (χ1) is 13.2. The summed E-state index contributed by atoms with van der Waals surface area (Å²) in [6.45, 7) is 2.12. The van der Waals surface area contributed by atoms with Gasteiger partial charge in [-0.15, -0.1) is 0 Å². The molecule has 0 bridgehead atoms. The first-order valence-corrected chi connectivity index (χ1v) is 9.48. The van der Waals surface area contributed by atoms with Gasteiger partial charge in [0.25, 0.3) is 5.91 Å². The summed E-state index contributed by atoms with van der Waals surface area (Å²) < 4.78 is 6.90. The lowest BCUT2D eigenvalue weighted by Crippen LogP contribution is -2.25. The van der Waals surface area contributed by atoms with E-state index in [1.54, 1.807) is 6.21 Å². The van der Waals surface area contributed by atoms with Gasteiger partial charge in [-0.25, -0.2) is 10.4 Å². The Morgan fingerprint density at radius 2 is 2.04 bits per heavy atom. The highest BCUT2D eigenvalue weighted by atomic mass is 32.1. The Labute approximate surface area is 159 Å². The first kappa shape index (κ1) is 17.2. The number of nitrogens with zero attached hydrogens (tertiary/aromatic N) is 2. The summed E-state index contributed by atoms with van der Waals surface area (Å²) in [5.41, 5.74) is 5.18. The van der Waals surface area contributed by atoms with Crippen molar-refractivity contribution in [3.63, 3.8) is 0 Å². The molecule has 4 rings (SSSR count). The van der Waals surface area contributed by atoms with Crippen LogP contribution in [0.4, 0.5) is 5.13 Å². The second kappa shape index (κ2) is 7.59. The minimum Gasteiger partial charge on any atom is -0.460 e. The van der Waals surface area contributed by atoms with E-state index in [4.69, 9.17) is 4.42 Å². The molecule has 2 aromatic heterocycles. The molecule has 0 aliphatic carbocycles. The summed E-state index contributed by atoms with van der Waals surface area (Å²) in [7, 11) is 0. The number of fused-ring (bicyclic) bond motifs is 2. The number of hydrogen-bond donors (Lipinski definition) is 2. The molecule has 2 heterocycles. The quantitative estimate of drug-likeness (QED) is 0.390. The number of anilines is 1. The lowest BCUT2D eigenvalue weighted by Gasteiger charge is -2.01. The predicted octanol–water partition coefficient (Wildman–Crippen LogP) is 4.17. The number of nitrogens with one attached hydrogen (secondary N) is 2. The van der Waals surface area contributed by atoms with E-state index in [1.165, 1.54) is 11.3 Å². The van der Waals surface area contributed by atoms with Crippen LogP contribution in [0.1, 0.15) is 18.2 Å². The number of rotatable bonds is 6. The maximum atomic E-state index is 12.0. The zero-order valence-corrected chi connectivity index (χ0v) is 15.5. The fraction of sp³-hybridized carbons (Fsp3) is 0.150. The fourth-order valence-corrected chi connectivity index (χ4v) is 3.69. The van der Waals surface area contributed by atoms with Crippen molar-refractivity contribution in [2.45, 2.75) is 13.3 Å². The third-order valence-corrected chi connectivity index (χ3v) is 5.10. The maximum absolute atomic E-state index is 12.0. The number of carbonyl (C=O) groups is 1. The second-order valence-electron chi connectivity index (χ2n) is 5.92. The SMILES string of the molecule is CCc1oc2ccccc2c1/C=N\NC(=O)CNc1nc2ccccc2s1. The van der Waals surface area contributed by atoms with Crippen molar-refractivity contribution >= 4 is 49.8 Å². The number of amides is 1. The van der Waals surface area contributed by atoms with E-state index in [-0.39, 0.29) is 12.5 Å². The topological polar surface area (TPSA) is 79.5 Å². The van der Waals surface area contributed by atoms with Crippen molar-refractivity contribution in [3.05, 3.63) is 59.9 Å². The third kappa shape index (κ3) is 3.68. The van der Waals surface area contributed by atoms with E-state index in [1.807, 2.05) is 55.5 Å². The van der Waals surface area contributed by atoms with Crippen molar-refractivity contribution in [1.82, 2.24) is 10.4 Å². The van der Waals surface area contributed by atoms with Crippen LogP contribution in [-0.4, -0.2) is 23.7 Å². The molecule has 0 spiro atoms. The van der Waals surface area contributed by atoms with Gasteiger partial charge in [-0.05, 0) is 18.2 Å². The predicted molar refractivity (Wildman–Crippen MR) is 109 cm³/mol. The molecule has 2 aromatic carbocycles. The molecule has 0 saturated carbocycles. The third-order valence-electron chi connectivity index (χ3n) is 4.11. The van der Waals surface area contributed by atoms with Crippen LogP contribution in [0, 0.1) is 0 Å². The molecule has 27 heavy (non-hydrogen) atoms. The number of aryl methyl sites for hydroxylation is 1. The van der Waals surface area contributed by atoms with Gasteiger partial charge in [-0.2, -0.15) is 5.10 Å². The van der Waals surface area contributed by atoms with E-state index < -0.39 is 0 Å². The summed E-state index contributed by atoms with van der Waals surface area (Å²) >= 11 is 1.51. The summed E-state index contributed by atoms with van der Waals surface area (Å²) in [4.78, 5) is 16.5. The van der Waals surface area contributed by atoms with Crippen molar-refractivity contribution in [2.75, 3.05) is 11.9 Å². The van der Waals surface area contributed by atoms with E-state index in [0.29, 0.717) is 5.13 Å². The van der Waals surface area contributed by atoms with Crippen molar-refractivity contribution in [3.8, 4) is 0 Å². The second-order valence-corrected chi connectivity index (χ2v) is 6.95. The van der Waals surface area contributed by atoms with Gasteiger partial charge in [0.2, 0.25) is 0 Å². The van der Waals surface area contributed by atoms with Gasteiger partial charge >= 0.3 is 0 Å². The van der Waals surface area contributed by atoms with Gasteiger partial charge in [0, 0.05) is 17.4 Å². The largest absolute Gasteiger partial charge is 0.460 e. The molecule has 1 amide bonds. The number of hydrazone groups is 1. The summed E-state index contributed by atoms with van der Waals surface area (Å²) in [5, 5.41) is 8.82. The molecule has 4 aromatic rings. The number of thiazole rings is 1. The number of aromatic nitrogens is 1. The Balaban J connectivity index is 1.39. The van der Waals surface area contributed by atoms with E-state index in [9.17, 15) is 4.79 Å². The average molecular weight is 378 g/mol. The highest BCUT2D eigenvalue weighted by Gasteiger charge is 2.10. The molecule has 136 valence electrons. The van der Waals surface area contributed by atoms with Crippen LogP contribution in [-0.2, 0) is 11.2 Å². The molecule has 0 unspecified atom stereocenters. The zero-order valence-electron chi connectivity index (χ0n) is 14.7. The van der Waals surface area contributed by atoms with E-state index in [0.717, 1.165) is 38.9 Å². The minimum absolute atomic E-state index is 0.101. The van der Waals surface area contributed by atoms with E-state index in [2.05, 4.69) is 20.8 Å². The Morgan fingerprint density at radius 1 is 1.22 bits per heavy atom. The molecule has 0 saturated heterocycles. The van der Waals surface area contributed by atoms with Crippen molar-refractivity contribution < 1.29 is 9.21 Å². The normalized spacial score (nSPS) is 11.4. The van der Waals surface area contributed by atoms with Crippen LogP contribution in [0.25, 0.3) is 21.2 Å². The molecule has 0 radical (unpaired) electrons.